The Labute approximate surface area is 111 Å². The molecule has 1 aromatic rings. The molecular formula is C14H18F3NO. The Bertz CT molecular complexity index is 429. The zero-order valence-electron chi connectivity index (χ0n) is 11.3. The van der Waals surface area contributed by atoms with Gasteiger partial charge in [0, 0.05) is 12.6 Å². The van der Waals surface area contributed by atoms with Gasteiger partial charge < -0.3 is 0 Å². The smallest absolute Gasteiger partial charge is 0.292 e. The number of alkyl halides is 3. The molecule has 0 amide bonds. The molecule has 0 spiro atoms. The normalized spacial score (nSPS) is 12.5. The first-order valence-electron chi connectivity index (χ1n) is 6.16. The highest BCUT2D eigenvalue weighted by Crippen LogP contribution is 2.28. The van der Waals surface area contributed by atoms with Crippen LogP contribution in [0.2, 0.25) is 0 Å². The summed E-state index contributed by atoms with van der Waals surface area (Å²) >= 11 is 0. The van der Waals surface area contributed by atoms with Crippen LogP contribution < -0.4 is 0 Å². The van der Waals surface area contributed by atoms with Crippen molar-refractivity contribution in [2.45, 2.75) is 46.2 Å². The van der Waals surface area contributed by atoms with E-state index in [1.54, 1.807) is 0 Å². The lowest BCUT2D eigenvalue weighted by Crippen LogP contribution is -2.09. The van der Waals surface area contributed by atoms with Crippen LogP contribution in [0.25, 0.3) is 0 Å². The van der Waals surface area contributed by atoms with E-state index in [1.807, 2.05) is 0 Å². The average molecular weight is 273 g/mol. The van der Waals surface area contributed by atoms with Crippen molar-refractivity contribution in [2.24, 2.45) is 5.41 Å². The van der Waals surface area contributed by atoms with E-state index >= 15 is 0 Å². The summed E-state index contributed by atoms with van der Waals surface area (Å²) in [6.45, 7) is 6.23. The first kappa shape index (κ1) is 15.7. The zero-order valence-corrected chi connectivity index (χ0v) is 11.3. The third kappa shape index (κ3) is 5.41. The van der Waals surface area contributed by atoms with Gasteiger partial charge in [-0.2, -0.15) is 13.2 Å². The van der Waals surface area contributed by atoms with E-state index in [0.717, 1.165) is 18.6 Å². The minimum absolute atomic E-state index is 0.0990. The Morgan fingerprint density at radius 2 is 1.84 bits per heavy atom. The molecule has 1 aromatic heterocycles. The lowest BCUT2D eigenvalue weighted by Gasteiger charge is -2.17. The molecule has 0 atom stereocenters. The van der Waals surface area contributed by atoms with Crippen LogP contribution >= 0.6 is 0 Å². The number of carbonyl (C=O) groups excluding carboxylic acids is 1. The second kappa shape index (κ2) is 5.72. The zero-order chi connectivity index (χ0) is 14.7. The van der Waals surface area contributed by atoms with Crippen LogP contribution in [0, 0.1) is 5.41 Å². The third-order valence-electron chi connectivity index (χ3n) is 2.71. The van der Waals surface area contributed by atoms with Crippen LogP contribution in [0.4, 0.5) is 13.2 Å². The van der Waals surface area contributed by atoms with Crippen LogP contribution in [0.1, 0.15) is 56.1 Å². The highest BCUT2D eigenvalue weighted by Gasteiger charge is 2.30. The molecule has 0 aliphatic carbocycles. The number of hydrogen-bond donors (Lipinski definition) is 0. The van der Waals surface area contributed by atoms with Crippen LogP contribution in [-0.2, 0) is 6.18 Å². The summed E-state index contributed by atoms with van der Waals surface area (Å²) in [5.41, 5.74) is -0.589. The van der Waals surface area contributed by atoms with Gasteiger partial charge in [0.1, 0.15) is 5.69 Å². The standard InChI is InChI=1S/C14H18F3NO/c1-13(2,3)8-4-5-12(19)11-7-6-10(9-18-11)14(15,16)17/h6-7,9H,4-5,8H2,1-3H3. The first-order valence-corrected chi connectivity index (χ1v) is 6.16. The maximum atomic E-state index is 12.3. The van der Waals surface area contributed by atoms with Crippen molar-refractivity contribution in [3.8, 4) is 0 Å². The van der Waals surface area contributed by atoms with Crippen molar-refractivity contribution < 1.29 is 18.0 Å². The molecule has 0 aromatic carbocycles. The molecule has 0 aliphatic rings. The Morgan fingerprint density at radius 1 is 1.21 bits per heavy atom. The van der Waals surface area contributed by atoms with Crippen LogP contribution in [0.3, 0.4) is 0 Å². The minimum Gasteiger partial charge on any atom is -0.292 e. The predicted molar refractivity (Wildman–Crippen MR) is 66.9 cm³/mol. The molecule has 0 saturated carbocycles. The lowest BCUT2D eigenvalue weighted by molar-refractivity contribution is -0.137. The van der Waals surface area contributed by atoms with Crippen molar-refractivity contribution in [3.05, 3.63) is 29.6 Å². The van der Waals surface area contributed by atoms with Gasteiger partial charge in [-0.1, -0.05) is 20.8 Å². The topological polar surface area (TPSA) is 30.0 Å². The summed E-state index contributed by atoms with van der Waals surface area (Å²) in [5, 5.41) is 0. The fourth-order valence-corrected chi connectivity index (χ4v) is 1.63. The van der Waals surface area contributed by atoms with E-state index in [0.29, 0.717) is 19.0 Å². The quantitative estimate of drug-likeness (QED) is 0.756. The van der Waals surface area contributed by atoms with E-state index in [-0.39, 0.29) is 16.9 Å². The molecule has 0 aliphatic heterocycles. The van der Waals surface area contributed by atoms with E-state index < -0.39 is 11.7 Å². The first-order chi connectivity index (χ1) is 8.59. The number of carbonyl (C=O) groups is 1. The number of Topliss-reactive ketones (excluding diaryl/α,β-unsaturated/α-hetero) is 1. The molecule has 0 fully saturated rings. The lowest BCUT2D eigenvalue weighted by atomic mass is 9.89. The van der Waals surface area contributed by atoms with Crippen molar-refractivity contribution in [1.29, 1.82) is 0 Å². The number of rotatable bonds is 4. The third-order valence-corrected chi connectivity index (χ3v) is 2.71. The Balaban J connectivity index is 2.59. The molecule has 0 N–H and O–H groups in total. The van der Waals surface area contributed by atoms with Gasteiger partial charge in [0.05, 0.1) is 5.56 Å². The van der Waals surface area contributed by atoms with E-state index in [2.05, 4.69) is 25.8 Å². The maximum absolute atomic E-state index is 12.3. The predicted octanol–water partition coefficient (Wildman–Crippen LogP) is 4.50. The van der Waals surface area contributed by atoms with Crippen molar-refractivity contribution in [1.82, 2.24) is 4.98 Å². The molecule has 106 valence electrons. The van der Waals surface area contributed by atoms with Gasteiger partial charge in [0.2, 0.25) is 0 Å². The summed E-state index contributed by atoms with van der Waals surface area (Å²) in [6.07, 6.45) is -1.79. The molecular weight excluding hydrogens is 255 g/mol. The summed E-state index contributed by atoms with van der Waals surface area (Å²) in [4.78, 5) is 15.3. The number of nitrogens with zero attached hydrogens (tertiary/aromatic N) is 1. The number of pyridine rings is 1. The van der Waals surface area contributed by atoms with Gasteiger partial charge >= 0.3 is 6.18 Å². The second-order valence-electron chi connectivity index (χ2n) is 5.77. The highest BCUT2D eigenvalue weighted by atomic mass is 19.4. The molecule has 0 radical (unpaired) electrons. The molecule has 1 rings (SSSR count). The van der Waals surface area contributed by atoms with Crippen LogP contribution in [-0.4, -0.2) is 10.8 Å². The number of halogens is 3. The van der Waals surface area contributed by atoms with Gasteiger partial charge in [-0.25, -0.2) is 0 Å². The SMILES string of the molecule is CC(C)(C)CCCC(=O)c1ccc(C(F)(F)F)cn1. The molecule has 5 heteroatoms. The van der Waals surface area contributed by atoms with Crippen LogP contribution in [0.15, 0.2) is 18.3 Å². The van der Waals surface area contributed by atoms with Crippen molar-refractivity contribution >= 4 is 5.78 Å². The number of ketones is 1. The van der Waals surface area contributed by atoms with E-state index in [1.165, 1.54) is 0 Å². The molecule has 0 unspecified atom stereocenters. The molecule has 2 nitrogen and oxygen atoms in total. The second-order valence-corrected chi connectivity index (χ2v) is 5.77. The fourth-order valence-electron chi connectivity index (χ4n) is 1.63. The Hall–Kier alpha value is -1.39. The largest absolute Gasteiger partial charge is 0.417 e. The maximum Gasteiger partial charge on any atom is 0.417 e. The Kier molecular flexibility index (Phi) is 4.71. The number of hydrogen-bond acceptors (Lipinski definition) is 2. The summed E-state index contributed by atoms with van der Waals surface area (Å²) < 4.78 is 37.0. The fraction of sp³-hybridized carbons (Fsp3) is 0.571. The summed E-state index contributed by atoms with van der Waals surface area (Å²) in [7, 11) is 0. The molecule has 19 heavy (non-hydrogen) atoms. The monoisotopic (exact) mass is 273 g/mol. The van der Waals surface area contributed by atoms with Gasteiger partial charge in [0.25, 0.3) is 0 Å². The molecule has 0 saturated heterocycles. The van der Waals surface area contributed by atoms with Gasteiger partial charge in [-0.3, -0.25) is 9.78 Å². The van der Waals surface area contributed by atoms with E-state index in [9.17, 15) is 18.0 Å². The number of aromatic nitrogens is 1. The van der Waals surface area contributed by atoms with Gasteiger partial charge in [0.15, 0.2) is 5.78 Å². The van der Waals surface area contributed by atoms with Crippen molar-refractivity contribution in [2.75, 3.05) is 0 Å². The summed E-state index contributed by atoms with van der Waals surface area (Å²) in [5.74, 6) is -0.210. The van der Waals surface area contributed by atoms with E-state index in [4.69, 9.17) is 0 Å². The summed E-state index contributed by atoms with van der Waals surface area (Å²) in [6, 6.07) is 2.03. The average Bonchev–Trinajstić information content (AvgIpc) is 2.26. The van der Waals surface area contributed by atoms with Gasteiger partial charge in [-0.15, -0.1) is 0 Å². The van der Waals surface area contributed by atoms with Gasteiger partial charge in [-0.05, 0) is 30.4 Å². The minimum atomic E-state index is -4.42. The molecule has 1 heterocycles. The van der Waals surface area contributed by atoms with Crippen molar-refractivity contribution in [3.63, 3.8) is 0 Å². The Morgan fingerprint density at radius 3 is 2.26 bits per heavy atom. The molecule has 0 bridgehead atoms. The highest BCUT2D eigenvalue weighted by molar-refractivity contribution is 5.94. The van der Waals surface area contributed by atoms with Crippen LogP contribution in [0.5, 0.6) is 0 Å².